The topological polar surface area (TPSA) is 17.0 Å². The minimum Gasteiger partial charge on any atom is -0.456 e. The van der Waals surface area contributed by atoms with Crippen molar-refractivity contribution in [3.63, 3.8) is 0 Å². The second kappa shape index (κ2) is 3.98. The Labute approximate surface area is 132 Å². The molecule has 0 radical (unpaired) electrons. The standard InChI is InChI=1S/C20H16NO/c1-12-6-7-14-17-10-15-13(2)21-8-4-3-5-18(21)16(15)11-20(17)22-19(14)9-12/h3-11,13H,1-2H3/q+1/i1D3. The molecule has 5 rings (SSSR count). The van der Waals surface area contributed by atoms with Crippen LogP contribution in [0.1, 0.15) is 28.2 Å². The van der Waals surface area contributed by atoms with Crippen LogP contribution in [-0.2, 0) is 0 Å². The Balaban J connectivity index is 1.80. The number of aromatic nitrogens is 1. The molecule has 0 saturated carbocycles. The van der Waals surface area contributed by atoms with E-state index in [2.05, 4.69) is 35.9 Å². The third kappa shape index (κ3) is 1.42. The van der Waals surface area contributed by atoms with Crippen LogP contribution >= 0.6 is 0 Å². The van der Waals surface area contributed by atoms with E-state index >= 15 is 0 Å². The third-order valence-corrected chi connectivity index (χ3v) is 4.68. The first-order chi connectivity index (χ1) is 11.9. The molecule has 0 aliphatic carbocycles. The van der Waals surface area contributed by atoms with Crippen LogP contribution in [0.15, 0.2) is 59.1 Å². The van der Waals surface area contributed by atoms with Gasteiger partial charge in [-0.1, -0.05) is 12.1 Å². The fourth-order valence-corrected chi connectivity index (χ4v) is 3.58. The molecule has 2 aromatic carbocycles. The fraction of sp³-hybridized carbons (Fsp3) is 0.150. The van der Waals surface area contributed by atoms with E-state index in [4.69, 9.17) is 8.53 Å². The average Bonchev–Trinajstić information content (AvgIpc) is 3.08. The maximum absolute atomic E-state index is 7.59. The predicted molar refractivity (Wildman–Crippen MR) is 87.9 cm³/mol. The molecular weight excluding hydrogens is 270 g/mol. The molecule has 1 aliphatic heterocycles. The maximum Gasteiger partial charge on any atom is 0.213 e. The molecule has 1 aliphatic rings. The fourth-order valence-electron chi connectivity index (χ4n) is 3.58. The summed E-state index contributed by atoms with van der Waals surface area (Å²) in [5, 5.41) is 1.99. The number of fused-ring (bicyclic) bond motifs is 6. The van der Waals surface area contributed by atoms with Crippen LogP contribution in [0.4, 0.5) is 0 Å². The minimum atomic E-state index is -2.13. The Kier molecular flexibility index (Phi) is 1.70. The van der Waals surface area contributed by atoms with Gasteiger partial charge >= 0.3 is 0 Å². The number of furan rings is 1. The van der Waals surface area contributed by atoms with Crippen molar-refractivity contribution in [1.29, 1.82) is 0 Å². The van der Waals surface area contributed by atoms with E-state index in [1.165, 1.54) is 16.8 Å². The van der Waals surface area contributed by atoms with Gasteiger partial charge in [0.1, 0.15) is 11.2 Å². The average molecular weight is 289 g/mol. The van der Waals surface area contributed by atoms with Crippen molar-refractivity contribution in [3.05, 3.63) is 65.9 Å². The van der Waals surface area contributed by atoms with Crippen LogP contribution in [0, 0.1) is 6.85 Å². The Bertz CT molecular complexity index is 1160. The van der Waals surface area contributed by atoms with Crippen molar-refractivity contribution in [3.8, 4) is 11.3 Å². The molecule has 0 spiro atoms. The minimum absolute atomic E-state index is 0.266. The highest BCUT2D eigenvalue weighted by atomic mass is 16.3. The van der Waals surface area contributed by atoms with Crippen molar-refractivity contribution in [2.45, 2.75) is 19.8 Å². The van der Waals surface area contributed by atoms with Crippen LogP contribution in [0.2, 0.25) is 0 Å². The number of pyridine rings is 1. The molecule has 0 amide bonds. The first-order valence-corrected chi connectivity index (χ1v) is 7.45. The smallest absolute Gasteiger partial charge is 0.213 e. The summed E-state index contributed by atoms with van der Waals surface area (Å²) in [6.07, 6.45) is 2.10. The van der Waals surface area contributed by atoms with E-state index in [0.717, 1.165) is 16.4 Å². The number of hydrogen-bond acceptors (Lipinski definition) is 1. The number of benzene rings is 2. The van der Waals surface area contributed by atoms with E-state index in [-0.39, 0.29) is 6.04 Å². The third-order valence-electron chi connectivity index (χ3n) is 4.68. The highest BCUT2D eigenvalue weighted by molar-refractivity contribution is 6.06. The second-order valence-corrected chi connectivity index (χ2v) is 5.92. The molecule has 0 N–H and O–H groups in total. The van der Waals surface area contributed by atoms with Crippen molar-refractivity contribution in [2.75, 3.05) is 0 Å². The van der Waals surface area contributed by atoms with Crippen LogP contribution in [-0.4, -0.2) is 0 Å². The SMILES string of the molecule is [2H]C([2H])([2H])c1ccc2c(c1)oc1cc3c(cc12)C(C)[n+]1ccccc1-3. The first kappa shape index (κ1) is 9.42. The zero-order valence-corrected chi connectivity index (χ0v) is 12.1. The normalized spacial score (nSPS) is 18.8. The molecule has 22 heavy (non-hydrogen) atoms. The van der Waals surface area contributed by atoms with E-state index in [9.17, 15) is 0 Å². The summed E-state index contributed by atoms with van der Waals surface area (Å²) < 4.78 is 31.0. The van der Waals surface area contributed by atoms with Gasteiger partial charge in [-0.2, -0.15) is 4.57 Å². The molecule has 1 unspecified atom stereocenters. The Morgan fingerprint density at radius 2 is 1.95 bits per heavy atom. The Morgan fingerprint density at radius 1 is 1.05 bits per heavy atom. The van der Waals surface area contributed by atoms with Gasteiger partial charge in [-0.3, -0.25) is 0 Å². The lowest BCUT2D eigenvalue weighted by Gasteiger charge is -2.00. The van der Waals surface area contributed by atoms with Gasteiger partial charge in [-0.05, 0) is 36.7 Å². The predicted octanol–water partition coefficient (Wildman–Crippen LogP) is 4.77. The van der Waals surface area contributed by atoms with Gasteiger partial charge in [-0.15, -0.1) is 0 Å². The lowest BCUT2D eigenvalue weighted by atomic mass is 10.00. The van der Waals surface area contributed by atoms with Gasteiger partial charge in [0.15, 0.2) is 12.2 Å². The summed E-state index contributed by atoms with van der Waals surface area (Å²) in [5.74, 6) is 0. The number of hydrogen-bond donors (Lipinski definition) is 0. The Hall–Kier alpha value is -2.61. The van der Waals surface area contributed by atoms with Crippen molar-refractivity contribution >= 4 is 21.9 Å². The van der Waals surface area contributed by atoms with E-state index in [0.29, 0.717) is 11.1 Å². The van der Waals surface area contributed by atoms with Crippen LogP contribution in [0.5, 0.6) is 0 Å². The zero-order valence-electron chi connectivity index (χ0n) is 15.1. The molecule has 2 aromatic heterocycles. The highest BCUT2D eigenvalue weighted by Crippen LogP contribution is 2.39. The quantitative estimate of drug-likeness (QED) is 0.426. The molecule has 0 saturated heterocycles. The van der Waals surface area contributed by atoms with Crippen molar-refractivity contribution < 1.29 is 13.1 Å². The first-order valence-electron chi connectivity index (χ1n) is 8.95. The summed E-state index contributed by atoms with van der Waals surface area (Å²) >= 11 is 0. The molecule has 4 aromatic rings. The maximum atomic E-state index is 7.59. The van der Waals surface area contributed by atoms with Gasteiger partial charge in [0, 0.05) is 39.5 Å². The summed E-state index contributed by atoms with van der Waals surface area (Å²) in [6.45, 7) is 0.0647. The molecule has 2 heteroatoms. The molecule has 1 atom stereocenters. The molecular formula is C20H16NO+. The lowest BCUT2D eigenvalue weighted by molar-refractivity contribution is -0.694. The van der Waals surface area contributed by atoms with E-state index in [1.54, 1.807) is 12.1 Å². The zero-order chi connectivity index (χ0) is 17.3. The van der Waals surface area contributed by atoms with Gasteiger partial charge in [0.2, 0.25) is 5.69 Å². The van der Waals surface area contributed by atoms with E-state index < -0.39 is 6.85 Å². The molecule has 0 bridgehead atoms. The second-order valence-electron chi connectivity index (χ2n) is 5.92. The molecule has 106 valence electrons. The lowest BCUT2D eigenvalue weighted by Crippen LogP contribution is -2.35. The summed E-state index contributed by atoms with van der Waals surface area (Å²) in [5.41, 5.74) is 5.34. The van der Waals surface area contributed by atoms with Crippen molar-refractivity contribution in [1.82, 2.24) is 0 Å². The molecule has 3 heterocycles. The van der Waals surface area contributed by atoms with Gasteiger partial charge in [0.05, 0.1) is 5.56 Å². The number of nitrogens with zero attached hydrogens (tertiary/aromatic N) is 1. The monoisotopic (exact) mass is 289 g/mol. The number of rotatable bonds is 0. The highest BCUT2D eigenvalue weighted by Gasteiger charge is 2.33. The van der Waals surface area contributed by atoms with Crippen LogP contribution < -0.4 is 4.57 Å². The van der Waals surface area contributed by atoms with Gasteiger partial charge in [-0.25, -0.2) is 0 Å². The number of aryl methyl sites for hydroxylation is 1. The van der Waals surface area contributed by atoms with Crippen molar-refractivity contribution in [2.24, 2.45) is 0 Å². The van der Waals surface area contributed by atoms with Gasteiger partial charge < -0.3 is 4.42 Å². The molecule has 0 fully saturated rings. The van der Waals surface area contributed by atoms with Crippen LogP contribution in [0.25, 0.3) is 33.2 Å². The summed E-state index contributed by atoms with van der Waals surface area (Å²) in [7, 11) is 0. The molecule has 2 nitrogen and oxygen atoms in total. The summed E-state index contributed by atoms with van der Waals surface area (Å²) in [4.78, 5) is 0. The Morgan fingerprint density at radius 3 is 2.86 bits per heavy atom. The summed E-state index contributed by atoms with van der Waals surface area (Å²) in [6, 6.07) is 15.9. The van der Waals surface area contributed by atoms with E-state index in [1.807, 2.05) is 18.2 Å². The van der Waals surface area contributed by atoms with Gasteiger partial charge in [0.25, 0.3) is 0 Å². The van der Waals surface area contributed by atoms with Crippen LogP contribution in [0.3, 0.4) is 0 Å². The largest absolute Gasteiger partial charge is 0.456 e.